The van der Waals surface area contributed by atoms with Gasteiger partial charge in [0.2, 0.25) is 0 Å². The second kappa shape index (κ2) is 3.48. The number of benzene rings is 1. The molecule has 0 atom stereocenters. The van der Waals surface area contributed by atoms with Gasteiger partial charge in [-0.3, -0.25) is 0 Å². The Kier molecular flexibility index (Phi) is 2.58. The van der Waals surface area contributed by atoms with Crippen molar-refractivity contribution in [3.63, 3.8) is 0 Å². The number of anilines is 2. The molecule has 0 aliphatic rings. The fraction of sp³-hybridized carbons (Fsp3) is 0.400. The zero-order valence-electron chi connectivity index (χ0n) is 7.96. The highest BCUT2D eigenvalue weighted by molar-refractivity contribution is 5.70. The van der Waals surface area contributed by atoms with E-state index in [4.69, 9.17) is 5.73 Å². The molecule has 0 heterocycles. The number of hydrogen-bond donors (Lipinski definition) is 1. The van der Waals surface area contributed by atoms with E-state index in [9.17, 15) is 0 Å². The Labute approximate surface area is 74.0 Å². The number of aryl methyl sites for hydroxylation is 1. The van der Waals surface area contributed by atoms with Crippen molar-refractivity contribution >= 4 is 11.4 Å². The lowest BCUT2D eigenvalue weighted by Gasteiger charge is -2.16. The molecule has 0 saturated carbocycles. The number of rotatable bonds is 2. The van der Waals surface area contributed by atoms with Crippen LogP contribution in [0.25, 0.3) is 0 Å². The highest BCUT2D eigenvalue weighted by Gasteiger charge is 2.03. The van der Waals surface area contributed by atoms with E-state index in [0.717, 1.165) is 17.8 Å². The standard InChI is InChI=1S/C10H16N2/c1-4-8-6-5-7-9(10(8)11)12(2)3/h5-7H,4,11H2,1-3H3. The van der Waals surface area contributed by atoms with Crippen LogP contribution in [0.1, 0.15) is 12.5 Å². The fourth-order valence-electron chi connectivity index (χ4n) is 1.30. The molecule has 0 bridgehead atoms. The second-order valence-corrected chi connectivity index (χ2v) is 3.10. The van der Waals surface area contributed by atoms with E-state index in [-0.39, 0.29) is 0 Å². The number of hydrogen-bond acceptors (Lipinski definition) is 2. The van der Waals surface area contributed by atoms with Crippen LogP contribution in [-0.2, 0) is 6.42 Å². The van der Waals surface area contributed by atoms with Gasteiger partial charge in [-0.2, -0.15) is 0 Å². The molecule has 2 nitrogen and oxygen atoms in total. The molecule has 0 fully saturated rings. The second-order valence-electron chi connectivity index (χ2n) is 3.10. The van der Waals surface area contributed by atoms with Gasteiger partial charge in [0.1, 0.15) is 0 Å². The third-order valence-corrected chi connectivity index (χ3v) is 2.04. The Morgan fingerprint density at radius 2 is 2.00 bits per heavy atom. The Morgan fingerprint density at radius 3 is 2.50 bits per heavy atom. The largest absolute Gasteiger partial charge is 0.397 e. The monoisotopic (exact) mass is 164 g/mol. The molecule has 0 spiro atoms. The average Bonchev–Trinajstić information content (AvgIpc) is 2.04. The highest BCUT2D eigenvalue weighted by Crippen LogP contribution is 2.24. The molecule has 0 aliphatic heterocycles. The minimum Gasteiger partial charge on any atom is -0.397 e. The lowest BCUT2D eigenvalue weighted by Crippen LogP contribution is -2.11. The molecular formula is C10H16N2. The van der Waals surface area contributed by atoms with Crippen molar-refractivity contribution in [2.75, 3.05) is 24.7 Å². The van der Waals surface area contributed by atoms with Crippen LogP contribution in [0.5, 0.6) is 0 Å². The predicted octanol–water partition coefficient (Wildman–Crippen LogP) is 1.90. The maximum Gasteiger partial charge on any atom is 0.0597 e. The topological polar surface area (TPSA) is 29.3 Å². The molecule has 1 aromatic carbocycles. The Balaban J connectivity index is 3.14. The number of para-hydroxylation sites is 1. The molecule has 2 heteroatoms. The molecule has 1 aromatic rings. The summed E-state index contributed by atoms with van der Waals surface area (Å²) in [4.78, 5) is 2.04. The molecule has 12 heavy (non-hydrogen) atoms. The maximum atomic E-state index is 5.95. The SMILES string of the molecule is CCc1cccc(N(C)C)c1N. The lowest BCUT2D eigenvalue weighted by atomic mass is 10.1. The van der Waals surface area contributed by atoms with Crippen molar-refractivity contribution in [3.8, 4) is 0 Å². The molecular weight excluding hydrogens is 148 g/mol. The quantitative estimate of drug-likeness (QED) is 0.676. The maximum absolute atomic E-state index is 5.95. The first-order valence-corrected chi connectivity index (χ1v) is 4.21. The Morgan fingerprint density at radius 1 is 1.33 bits per heavy atom. The van der Waals surface area contributed by atoms with Crippen molar-refractivity contribution in [1.82, 2.24) is 0 Å². The zero-order chi connectivity index (χ0) is 9.14. The van der Waals surface area contributed by atoms with Crippen LogP contribution < -0.4 is 10.6 Å². The van der Waals surface area contributed by atoms with Crippen LogP contribution in [0.4, 0.5) is 11.4 Å². The van der Waals surface area contributed by atoms with Crippen LogP contribution in [0.3, 0.4) is 0 Å². The fourth-order valence-corrected chi connectivity index (χ4v) is 1.30. The lowest BCUT2D eigenvalue weighted by molar-refractivity contribution is 1.10. The van der Waals surface area contributed by atoms with Crippen molar-refractivity contribution in [2.45, 2.75) is 13.3 Å². The Bertz CT molecular complexity index is 267. The van der Waals surface area contributed by atoms with E-state index in [0.29, 0.717) is 0 Å². The van der Waals surface area contributed by atoms with E-state index in [1.807, 2.05) is 31.1 Å². The zero-order valence-corrected chi connectivity index (χ0v) is 7.96. The van der Waals surface area contributed by atoms with Gasteiger partial charge in [0.05, 0.1) is 11.4 Å². The van der Waals surface area contributed by atoms with Crippen molar-refractivity contribution < 1.29 is 0 Å². The van der Waals surface area contributed by atoms with E-state index in [2.05, 4.69) is 13.0 Å². The summed E-state index contributed by atoms with van der Waals surface area (Å²) in [7, 11) is 4.01. The minimum atomic E-state index is 0.907. The van der Waals surface area contributed by atoms with Gasteiger partial charge >= 0.3 is 0 Å². The van der Waals surface area contributed by atoms with Gasteiger partial charge in [-0.05, 0) is 18.1 Å². The summed E-state index contributed by atoms with van der Waals surface area (Å²) in [5.74, 6) is 0. The summed E-state index contributed by atoms with van der Waals surface area (Å²) < 4.78 is 0. The number of nitrogens with zero attached hydrogens (tertiary/aromatic N) is 1. The van der Waals surface area contributed by atoms with Crippen LogP contribution in [0.2, 0.25) is 0 Å². The first-order valence-electron chi connectivity index (χ1n) is 4.21. The van der Waals surface area contributed by atoms with Gasteiger partial charge in [0.25, 0.3) is 0 Å². The van der Waals surface area contributed by atoms with E-state index < -0.39 is 0 Å². The van der Waals surface area contributed by atoms with Crippen molar-refractivity contribution in [1.29, 1.82) is 0 Å². The van der Waals surface area contributed by atoms with Crippen molar-refractivity contribution in [2.24, 2.45) is 0 Å². The van der Waals surface area contributed by atoms with Gasteiger partial charge in [0.15, 0.2) is 0 Å². The summed E-state index contributed by atoms with van der Waals surface area (Å²) in [6, 6.07) is 6.15. The van der Waals surface area contributed by atoms with Crippen LogP contribution in [0.15, 0.2) is 18.2 Å². The molecule has 0 radical (unpaired) electrons. The molecule has 1 rings (SSSR count). The van der Waals surface area contributed by atoms with E-state index in [1.165, 1.54) is 5.56 Å². The molecule has 2 N–H and O–H groups in total. The van der Waals surface area contributed by atoms with Gasteiger partial charge < -0.3 is 10.6 Å². The highest BCUT2D eigenvalue weighted by atomic mass is 15.1. The third-order valence-electron chi connectivity index (χ3n) is 2.04. The molecule has 66 valence electrons. The smallest absolute Gasteiger partial charge is 0.0597 e. The van der Waals surface area contributed by atoms with Gasteiger partial charge in [-0.1, -0.05) is 19.1 Å². The van der Waals surface area contributed by atoms with E-state index >= 15 is 0 Å². The molecule has 0 saturated heterocycles. The van der Waals surface area contributed by atoms with Gasteiger partial charge in [-0.15, -0.1) is 0 Å². The Hall–Kier alpha value is -1.18. The summed E-state index contributed by atoms with van der Waals surface area (Å²) in [5, 5.41) is 0. The number of nitrogens with two attached hydrogens (primary N) is 1. The van der Waals surface area contributed by atoms with Gasteiger partial charge in [0, 0.05) is 14.1 Å². The first-order chi connectivity index (χ1) is 5.66. The number of nitrogen functional groups attached to an aromatic ring is 1. The normalized spacial score (nSPS) is 9.92. The minimum absolute atomic E-state index is 0.907. The molecule has 0 aliphatic carbocycles. The molecule has 0 aromatic heterocycles. The summed E-state index contributed by atoms with van der Waals surface area (Å²) in [6.07, 6.45) is 0.994. The van der Waals surface area contributed by atoms with Crippen LogP contribution in [0, 0.1) is 0 Å². The van der Waals surface area contributed by atoms with Crippen LogP contribution >= 0.6 is 0 Å². The average molecular weight is 164 g/mol. The summed E-state index contributed by atoms with van der Waals surface area (Å²) in [5.41, 5.74) is 9.19. The molecule has 0 amide bonds. The van der Waals surface area contributed by atoms with Crippen LogP contribution in [-0.4, -0.2) is 14.1 Å². The molecule has 0 unspecified atom stereocenters. The van der Waals surface area contributed by atoms with Crippen molar-refractivity contribution in [3.05, 3.63) is 23.8 Å². The summed E-state index contributed by atoms with van der Waals surface area (Å²) >= 11 is 0. The third kappa shape index (κ3) is 1.52. The summed E-state index contributed by atoms with van der Waals surface area (Å²) in [6.45, 7) is 2.12. The van der Waals surface area contributed by atoms with E-state index in [1.54, 1.807) is 0 Å². The predicted molar refractivity (Wildman–Crippen MR) is 54.6 cm³/mol. The van der Waals surface area contributed by atoms with Gasteiger partial charge in [-0.25, -0.2) is 0 Å². The first kappa shape index (κ1) is 8.91.